The molecular formula is C19H28ClN3O2. The van der Waals surface area contributed by atoms with Crippen molar-refractivity contribution in [1.29, 1.82) is 0 Å². The number of hydrogen-bond donors (Lipinski definition) is 1. The van der Waals surface area contributed by atoms with Crippen LogP contribution in [0.1, 0.15) is 37.7 Å². The predicted octanol–water partition coefficient (Wildman–Crippen LogP) is 3.22. The minimum Gasteiger partial charge on any atom is -0.474 e. The lowest BCUT2D eigenvalue weighted by Crippen LogP contribution is -2.45. The van der Waals surface area contributed by atoms with E-state index in [1.807, 2.05) is 19.2 Å². The van der Waals surface area contributed by atoms with Gasteiger partial charge >= 0.3 is 0 Å². The van der Waals surface area contributed by atoms with Crippen molar-refractivity contribution in [2.24, 2.45) is 0 Å². The van der Waals surface area contributed by atoms with E-state index in [1.165, 1.54) is 0 Å². The number of amides is 1. The Morgan fingerprint density at radius 1 is 1.56 bits per heavy atom. The highest BCUT2D eigenvalue weighted by atomic mass is 35.5. The number of carbonyl (C=O) groups excluding carboxylic acids is 1. The Labute approximate surface area is 155 Å². The van der Waals surface area contributed by atoms with Crippen LogP contribution in [-0.2, 0) is 11.2 Å². The molecule has 5 nitrogen and oxygen atoms in total. The smallest absolute Gasteiger partial charge is 0.239 e. The van der Waals surface area contributed by atoms with E-state index in [0.29, 0.717) is 17.3 Å². The van der Waals surface area contributed by atoms with Crippen LogP contribution in [0.25, 0.3) is 0 Å². The lowest BCUT2D eigenvalue weighted by atomic mass is 10.1. The zero-order valence-corrected chi connectivity index (χ0v) is 15.9. The number of nitrogens with zero attached hydrogens (tertiary/aromatic N) is 2. The summed E-state index contributed by atoms with van der Waals surface area (Å²) in [5.41, 5.74) is 0.868. The van der Waals surface area contributed by atoms with Crippen LogP contribution in [0.15, 0.2) is 24.9 Å². The summed E-state index contributed by atoms with van der Waals surface area (Å²) in [7, 11) is 3.64. The molecule has 0 bridgehead atoms. The van der Waals surface area contributed by atoms with Gasteiger partial charge in [0.1, 0.15) is 6.10 Å². The van der Waals surface area contributed by atoms with Crippen molar-refractivity contribution < 1.29 is 9.53 Å². The van der Waals surface area contributed by atoms with Gasteiger partial charge in [0, 0.05) is 31.8 Å². The zero-order chi connectivity index (χ0) is 18.2. The molecule has 0 radical (unpaired) electrons. The van der Waals surface area contributed by atoms with Gasteiger partial charge in [0.05, 0.1) is 11.1 Å². The Bertz CT molecular complexity index is 590. The number of rotatable bonds is 11. The van der Waals surface area contributed by atoms with Gasteiger partial charge in [-0.3, -0.25) is 4.79 Å². The lowest BCUT2D eigenvalue weighted by molar-refractivity contribution is -0.132. The SMILES string of the molecule is C=CCCCCN(C)C(=O)C(Cc1cc(Cl)cnc1OC1CC1)NC. The first-order chi connectivity index (χ1) is 12.0. The fraction of sp³-hybridized carbons (Fsp3) is 0.579. The Balaban J connectivity index is 1.99. The molecule has 25 heavy (non-hydrogen) atoms. The molecular weight excluding hydrogens is 338 g/mol. The van der Waals surface area contributed by atoms with Crippen molar-refractivity contribution in [3.8, 4) is 5.88 Å². The van der Waals surface area contributed by atoms with E-state index < -0.39 is 0 Å². The van der Waals surface area contributed by atoms with Crippen LogP contribution in [-0.4, -0.2) is 48.6 Å². The number of pyridine rings is 1. The number of allylic oxidation sites excluding steroid dienone is 1. The predicted molar refractivity (Wildman–Crippen MR) is 101 cm³/mol. The molecule has 1 fully saturated rings. The molecule has 2 rings (SSSR count). The average Bonchev–Trinajstić information content (AvgIpc) is 3.42. The maximum atomic E-state index is 12.7. The molecule has 0 spiro atoms. The van der Waals surface area contributed by atoms with Crippen molar-refractivity contribution in [3.05, 3.63) is 35.5 Å². The first-order valence-electron chi connectivity index (χ1n) is 8.89. The molecule has 138 valence electrons. The molecule has 6 heteroatoms. The summed E-state index contributed by atoms with van der Waals surface area (Å²) >= 11 is 6.09. The molecule has 1 aliphatic rings. The summed E-state index contributed by atoms with van der Waals surface area (Å²) in [5.74, 6) is 0.659. The number of ether oxygens (including phenoxy) is 1. The summed E-state index contributed by atoms with van der Waals surface area (Å²) in [6.07, 6.45) is 9.37. The Morgan fingerprint density at radius 3 is 2.96 bits per heavy atom. The van der Waals surface area contributed by atoms with Gasteiger partial charge in [0.2, 0.25) is 11.8 Å². The van der Waals surface area contributed by atoms with Crippen molar-refractivity contribution in [2.75, 3.05) is 20.6 Å². The molecule has 1 aromatic heterocycles. The highest BCUT2D eigenvalue weighted by Gasteiger charge is 2.27. The first-order valence-corrected chi connectivity index (χ1v) is 9.27. The van der Waals surface area contributed by atoms with Gasteiger partial charge in [-0.1, -0.05) is 17.7 Å². The minimum absolute atomic E-state index is 0.0680. The number of unbranched alkanes of at least 4 members (excludes halogenated alkanes) is 2. The van der Waals surface area contributed by atoms with Crippen LogP contribution < -0.4 is 10.1 Å². The van der Waals surface area contributed by atoms with Gasteiger partial charge in [-0.15, -0.1) is 6.58 Å². The van der Waals surface area contributed by atoms with Gasteiger partial charge in [0.15, 0.2) is 0 Å². The summed E-state index contributed by atoms with van der Waals surface area (Å²) in [4.78, 5) is 18.8. The van der Waals surface area contributed by atoms with Gasteiger partial charge in [-0.05, 0) is 45.2 Å². The summed E-state index contributed by atoms with van der Waals surface area (Å²) < 4.78 is 5.86. The number of carbonyl (C=O) groups is 1. The average molecular weight is 366 g/mol. The maximum absolute atomic E-state index is 12.7. The summed E-state index contributed by atoms with van der Waals surface area (Å²) in [6.45, 7) is 4.46. The van der Waals surface area contributed by atoms with Crippen LogP contribution in [0.3, 0.4) is 0 Å². The Kier molecular flexibility index (Phi) is 7.72. The standard InChI is InChI=1S/C19H28ClN3O2/c1-4-5-6-7-10-23(3)19(24)17(21-2)12-14-11-15(20)13-22-18(14)25-16-8-9-16/h4,11,13,16-17,21H,1,5-10,12H2,2-3H3. The van der Waals surface area contributed by atoms with E-state index in [-0.39, 0.29) is 18.1 Å². The molecule has 0 aliphatic heterocycles. The molecule has 0 aromatic carbocycles. The van der Waals surface area contributed by atoms with Crippen molar-refractivity contribution in [2.45, 2.75) is 50.7 Å². The molecule has 1 amide bonds. The van der Waals surface area contributed by atoms with E-state index in [2.05, 4.69) is 16.9 Å². The van der Waals surface area contributed by atoms with Crippen LogP contribution in [0, 0.1) is 0 Å². The second kappa shape index (κ2) is 9.78. The van der Waals surface area contributed by atoms with E-state index in [4.69, 9.17) is 16.3 Å². The van der Waals surface area contributed by atoms with Crippen molar-refractivity contribution in [3.63, 3.8) is 0 Å². The molecule has 1 aliphatic carbocycles. The van der Waals surface area contributed by atoms with E-state index in [9.17, 15) is 4.79 Å². The molecule has 1 aromatic rings. The van der Waals surface area contributed by atoms with Crippen LogP contribution in [0.5, 0.6) is 5.88 Å². The van der Waals surface area contributed by atoms with Crippen LogP contribution in [0.4, 0.5) is 0 Å². The normalized spacial score (nSPS) is 14.8. The van der Waals surface area contributed by atoms with E-state index in [0.717, 1.165) is 44.2 Å². The third-order valence-electron chi connectivity index (χ3n) is 4.29. The third-order valence-corrected chi connectivity index (χ3v) is 4.50. The number of likely N-dealkylation sites (N-methyl/N-ethyl adjacent to an activating group) is 2. The highest BCUT2D eigenvalue weighted by molar-refractivity contribution is 6.30. The topological polar surface area (TPSA) is 54.5 Å². The molecule has 0 saturated heterocycles. The number of nitrogens with one attached hydrogen (secondary N) is 1. The largest absolute Gasteiger partial charge is 0.474 e. The van der Waals surface area contributed by atoms with Gasteiger partial charge < -0.3 is 15.0 Å². The monoisotopic (exact) mass is 365 g/mol. The molecule has 1 saturated carbocycles. The van der Waals surface area contributed by atoms with Gasteiger partial charge in [-0.25, -0.2) is 4.98 Å². The Morgan fingerprint density at radius 2 is 2.32 bits per heavy atom. The Hall–Kier alpha value is -1.59. The molecule has 1 atom stereocenters. The second-order valence-electron chi connectivity index (χ2n) is 6.52. The number of halogens is 1. The zero-order valence-electron chi connectivity index (χ0n) is 15.1. The molecule has 1 unspecified atom stereocenters. The van der Waals surface area contributed by atoms with Crippen LogP contribution in [0.2, 0.25) is 5.02 Å². The molecule has 1 N–H and O–H groups in total. The summed E-state index contributed by atoms with van der Waals surface area (Å²) in [5, 5.41) is 3.67. The van der Waals surface area contributed by atoms with Gasteiger partial charge in [-0.2, -0.15) is 0 Å². The van der Waals surface area contributed by atoms with E-state index >= 15 is 0 Å². The number of aromatic nitrogens is 1. The first kappa shape index (κ1) is 19.7. The molecule has 1 heterocycles. The highest BCUT2D eigenvalue weighted by Crippen LogP contribution is 2.29. The maximum Gasteiger partial charge on any atom is 0.239 e. The summed E-state index contributed by atoms with van der Waals surface area (Å²) in [6, 6.07) is 1.51. The fourth-order valence-electron chi connectivity index (χ4n) is 2.61. The lowest BCUT2D eigenvalue weighted by Gasteiger charge is -2.24. The van der Waals surface area contributed by atoms with Gasteiger partial charge in [0.25, 0.3) is 0 Å². The fourth-order valence-corrected chi connectivity index (χ4v) is 2.79. The van der Waals surface area contributed by atoms with E-state index in [1.54, 1.807) is 18.1 Å². The van der Waals surface area contributed by atoms with Crippen molar-refractivity contribution in [1.82, 2.24) is 15.2 Å². The second-order valence-corrected chi connectivity index (χ2v) is 6.96. The van der Waals surface area contributed by atoms with Crippen LogP contribution >= 0.6 is 11.6 Å². The quantitative estimate of drug-likeness (QED) is 0.483. The third kappa shape index (κ3) is 6.33. The van der Waals surface area contributed by atoms with Crippen molar-refractivity contribution >= 4 is 17.5 Å². The minimum atomic E-state index is -0.328. The number of hydrogen-bond acceptors (Lipinski definition) is 4.